The number of nitrogens with one attached hydrogen (secondary N) is 1. The minimum atomic E-state index is -0.0720. The molecule has 4 heteroatoms. The van der Waals surface area contributed by atoms with Gasteiger partial charge in [-0.1, -0.05) is 74.0 Å². The third kappa shape index (κ3) is 5.59. The monoisotopic (exact) mass is 482 g/mol. The lowest BCUT2D eigenvalue weighted by atomic mass is 9.77. The van der Waals surface area contributed by atoms with Gasteiger partial charge in [0.2, 0.25) is 0 Å². The summed E-state index contributed by atoms with van der Waals surface area (Å²) in [7, 11) is 0. The number of benzene rings is 3. The SMILES string of the molecule is CCC1CCC(c2ccc(-c3ccc4c(c3)OC(C)CN4C(=O)NCCc3ccccc3)cc2)CC1. The molecule has 1 unspecified atom stereocenters. The molecule has 1 heterocycles. The molecule has 3 aromatic carbocycles. The highest BCUT2D eigenvalue weighted by atomic mass is 16.5. The van der Waals surface area contributed by atoms with Crippen molar-refractivity contribution < 1.29 is 9.53 Å². The number of carbonyl (C=O) groups is 1. The zero-order chi connectivity index (χ0) is 24.9. The molecule has 36 heavy (non-hydrogen) atoms. The van der Waals surface area contributed by atoms with Gasteiger partial charge in [0.15, 0.2) is 0 Å². The fourth-order valence-corrected chi connectivity index (χ4v) is 5.72. The Morgan fingerprint density at radius 1 is 0.944 bits per heavy atom. The van der Waals surface area contributed by atoms with Crippen molar-refractivity contribution >= 4 is 11.7 Å². The highest BCUT2D eigenvalue weighted by molar-refractivity contribution is 5.94. The third-order valence-corrected chi connectivity index (χ3v) is 7.94. The molecule has 0 bridgehead atoms. The summed E-state index contributed by atoms with van der Waals surface area (Å²) in [6, 6.07) is 25.5. The van der Waals surface area contributed by atoms with Crippen LogP contribution in [0.4, 0.5) is 10.5 Å². The van der Waals surface area contributed by atoms with E-state index in [1.165, 1.54) is 48.8 Å². The van der Waals surface area contributed by atoms with E-state index in [9.17, 15) is 4.79 Å². The smallest absolute Gasteiger partial charge is 0.322 e. The van der Waals surface area contributed by atoms with Gasteiger partial charge in [-0.3, -0.25) is 4.90 Å². The molecule has 2 aliphatic rings. The summed E-state index contributed by atoms with van der Waals surface area (Å²) >= 11 is 0. The Labute approximate surface area is 215 Å². The minimum absolute atomic E-state index is 0.0618. The van der Waals surface area contributed by atoms with Crippen LogP contribution in [0.15, 0.2) is 72.8 Å². The standard InChI is InChI=1S/C32H38N2O2/c1-3-24-9-11-26(12-10-24)27-13-15-28(16-14-27)29-17-18-30-31(21-29)36-23(2)22-34(30)32(35)33-20-19-25-7-5-4-6-8-25/h4-8,13-18,21,23-24,26H,3,9-12,19-20,22H2,1-2H3,(H,33,35). The molecule has 1 aliphatic carbocycles. The maximum absolute atomic E-state index is 13.0. The van der Waals surface area contributed by atoms with Gasteiger partial charge in [-0.05, 0) is 85.3 Å². The predicted molar refractivity (Wildman–Crippen MR) is 148 cm³/mol. The van der Waals surface area contributed by atoms with Crippen molar-refractivity contribution in [3.8, 4) is 16.9 Å². The molecular weight excluding hydrogens is 444 g/mol. The van der Waals surface area contributed by atoms with E-state index in [1.807, 2.05) is 36.1 Å². The number of hydrogen-bond donors (Lipinski definition) is 1. The third-order valence-electron chi connectivity index (χ3n) is 7.94. The van der Waals surface area contributed by atoms with Crippen molar-refractivity contribution in [3.05, 3.63) is 83.9 Å². The highest BCUT2D eigenvalue weighted by Gasteiger charge is 2.28. The first kappa shape index (κ1) is 24.4. The zero-order valence-corrected chi connectivity index (χ0v) is 21.6. The van der Waals surface area contributed by atoms with Crippen LogP contribution < -0.4 is 15.0 Å². The van der Waals surface area contributed by atoms with Gasteiger partial charge in [0.1, 0.15) is 11.9 Å². The summed E-state index contributed by atoms with van der Waals surface area (Å²) in [5.74, 6) is 2.39. The number of anilines is 1. The second kappa shape index (κ2) is 11.2. The molecule has 1 atom stereocenters. The Morgan fingerprint density at radius 3 is 2.39 bits per heavy atom. The maximum Gasteiger partial charge on any atom is 0.322 e. The molecule has 1 N–H and O–H groups in total. The molecule has 0 spiro atoms. The van der Waals surface area contributed by atoms with Crippen LogP contribution in [-0.2, 0) is 6.42 Å². The number of urea groups is 1. The van der Waals surface area contributed by atoms with E-state index in [1.54, 1.807) is 0 Å². The quantitative estimate of drug-likeness (QED) is 0.393. The summed E-state index contributed by atoms with van der Waals surface area (Å²) in [6.45, 7) is 5.48. The van der Waals surface area contributed by atoms with Crippen LogP contribution in [0.2, 0.25) is 0 Å². The van der Waals surface area contributed by atoms with Crippen molar-refractivity contribution in [2.75, 3.05) is 18.0 Å². The van der Waals surface area contributed by atoms with Gasteiger partial charge >= 0.3 is 6.03 Å². The Morgan fingerprint density at radius 2 is 1.67 bits per heavy atom. The van der Waals surface area contributed by atoms with E-state index in [4.69, 9.17) is 4.74 Å². The first-order valence-electron chi connectivity index (χ1n) is 13.6. The van der Waals surface area contributed by atoms with Gasteiger partial charge in [-0.2, -0.15) is 0 Å². The summed E-state index contributed by atoms with van der Waals surface area (Å²) in [5.41, 5.74) is 5.82. The predicted octanol–water partition coefficient (Wildman–Crippen LogP) is 7.58. The van der Waals surface area contributed by atoms with Crippen LogP contribution >= 0.6 is 0 Å². The van der Waals surface area contributed by atoms with Gasteiger partial charge in [0.25, 0.3) is 0 Å². The lowest BCUT2D eigenvalue weighted by Crippen LogP contribution is -2.47. The van der Waals surface area contributed by atoms with Crippen LogP contribution in [0.3, 0.4) is 0 Å². The fraction of sp³-hybridized carbons (Fsp3) is 0.406. The van der Waals surface area contributed by atoms with Crippen molar-refractivity contribution in [2.45, 2.75) is 64.4 Å². The van der Waals surface area contributed by atoms with E-state index >= 15 is 0 Å². The number of hydrogen-bond acceptors (Lipinski definition) is 2. The molecule has 1 saturated carbocycles. The molecule has 188 valence electrons. The van der Waals surface area contributed by atoms with E-state index in [0.29, 0.717) is 19.0 Å². The van der Waals surface area contributed by atoms with Crippen molar-refractivity contribution in [2.24, 2.45) is 5.92 Å². The van der Waals surface area contributed by atoms with Crippen LogP contribution in [0.5, 0.6) is 5.75 Å². The molecule has 5 rings (SSSR count). The second-order valence-electron chi connectivity index (χ2n) is 10.4. The Kier molecular flexibility index (Phi) is 7.60. The Bertz CT molecular complexity index is 1150. The molecule has 0 aromatic heterocycles. The van der Waals surface area contributed by atoms with Crippen LogP contribution in [0.25, 0.3) is 11.1 Å². The summed E-state index contributed by atoms with van der Waals surface area (Å²) < 4.78 is 6.17. The summed E-state index contributed by atoms with van der Waals surface area (Å²) in [4.78, 5) is 14.9. The molecule has 0 saturated heterocycles. The van der Waals surface area contributed by atoms with Gasteiger partial charge in [-0.25, -0.2) is 4.79 Å². The molecule has 1 fully saturated rings. The average Bonchev–Trinajstić information content (AvgIpc) is 2.93. The van der Waals surface area contributed by atoms with Crippen LogP contribution in [-0.4, -0.2) is 25.2 Å². The number of amides is 2. The molecule has 1 aliphatic heterocycles. The maximum atomic E-state index is 13.0. The van der Waals surface area contributed by atoms with Crippen LogP contribution in [0.1, 0.15) is 63.0 Å². The summed E-state index contributed by atoms with van der Waals surface area (Å²) in [6.07, 6.45) is 7.41. The molecule has 2 amide bonds. The van der Waals surface area contributed by atoms with Gasteiger partial charge in [0.05, 0.1) is 12.2 Å². The van der Waals surface area contributed by atoms with Gasteiger partial charge in [0, 0.05) is 6.54 Å². The molecule has 4 nitrogen and oxygen atoms in total. The van der Waals surface area contributed by atoms with E-state index in [0.717, 1.165) is 29.3 Å². The van der Waals surface area contributed by atoms with Gasteiger partial charge in [-0.15, -0.1) is 0 Å². The Balaban J connectivity index is 1.26. The highest BCUT2D eigenvalue weighted by Crippen LogP contribution is 2.39. The van der Waals surface area contributed by atoms with Crippen molar-refractivity contribution in [1.82, 2.24) is 5.32 Å². The minimum Gasteiger partial charge on any atom is -0.487 e. The molecular formula is C32H38N2O2. The summed E-state index contributed by atoms with van der Waals surface area (Å²) in [5, 5.41) is 3.08. The molecule has 3 aromatic rings. The lowest BCUT2D eigenvalue weighted by molar-refractivity contribution is 0.205. The lowest BCUT2D eigenvalue weighted by Gasteiger charge is -2.33. The zero-order valence-electron chi connectivity index (χ0n) is 21.6. The Hall–Kier alpha value is -3.27. The van der Waals surface area contributed by atoms with E-state index in [-0.39, 0.29) is 12.1 Å². The van der Waals surface area contributed by atoms with E-state index in [2.05, 4.69) is 60.8 Å². The largest absolute Gasteiger partial charge is 0.487 e. The van der Waals surface area contributed by atoms with Crippen molar-refractivity contribution in [3.63, 3.8) is 0 Å². The van der Waals surface area contributed by atoms with Gasteiger partial charge < -0.3 is 10.1 Å². The fourth-order valence-electron chi connectivity index (χ4n) is 5.72. The first-order chi connectivity index (χ1) is 17.6. The first-order valence-corrected chi connectivity index (χ1v) is 13.6. The van der Waals surface area contributed by atoms with Crippen LogP contribution in [0, 0.1) is 5.92 Å². The van der Waals surface area contributed by atoms with Crippen molar-refractivity contribution in [1.29, 1.82) is 0 Å². The second-order valence-corrected chi connectivity index (χ2v) is 10.4. The number of carbonyl (C=O) groups excluding carboxylic acids is 1. The number of fused-ring (bicyclic) bond motifs is 1. The molecule has 0 radical (unpaired) electrons. The topological polar surface area (TPSA) is 41.6 Å². The average molecular weight is 483 g/mol. The number of nitrogens with zero attached hydrogens (tertiary/aromatic N) is 1. The van der Waals surface area contributed by atoms with E-state index < -0.39 is 0 Å². The number of rotatable bonds is 6. The normalized spacial score (nSPS) is 21.4. The number of ether oxygens (including phenoxy) is 1.